The molecule has 0 unspecified atom stereocenters. The van der Waals surface area contributed by atoms with Crippen LogP contribution in [0.2, 0.25) is 0 Å². The zero-order chi connectivity index (χ0) is 16.1. The fourth-order valence-electron chi connectivity index (χ4n) is 1.98. The summed E-state index contributed by atoms with van der Waals surface area (Å²) in [5, 5.41) is 12.3. The number of aromatic carboxylic acids is 1. The van der Waals surface area contributed by atoms with Crippen LogP contribution in [0.15, 0.2) is 30.3 Å². The fraction of sp³-hybridized carbons (Fsp3) is 0.312. The predicted molar refractivity (Wildman–Crippen MR) is 84.4 cm³/mol. The third-order valence-corrected chi connectivity index (χ3v) is 2.81. The van der Waals surface area contributed by atoms with Crippen LogP contribution >= 0.6 is 0 Å². The van der Waals surface area contributed by atoms with Crippen molar-refractivity contribution in [2.45, 2.75) is 26.8 Å². The van der Waals surface area contributed by atoms with Gasteiger partial charge in [0.2, 0.25) is 0 Å². The minimum Gasteiger partial charge on any atom is -0.493 e. The normalized spacial score (nSPS) is 10.5. The molecular formula is C16H19N3O3. The Morgan fingerprint density at radius 2 is 2.05 bits per heavy atom. The van der Waals surface area contributed by atoms with Gasteiger partial charge in [-0.15, -0.1) is 0 Å². The van der Waals surface area contributed by atoms with Crippen molar-refractivity contribution in [2.75, 3.05) is 11.9 Å². The Bertz CT molecular complexity index is 671. The van der Waals surface area contributed by atoms with Crippen molar-refractivity contribution in [3.8, 4) is 17.1 Å². The number of benzene rings is 1. The summed E-state index contributed by atoms with van der Waals surface area (Å²) in [5.41, 5.74) is 0.610. The van der Waals surface area contributed by atoms with Gasteiger partial charge in [-0.1, -0.05) is 12.1 Å². The van der Waals surface area contributed by atoms with E-state index in [1.807, 2.05) is 45.0 Å². The fourth-order valence-corrected chi connectivity index (χ4v) is 1.98. The molecule has 2 rings (SSSR count). The SMILES string of the molecule is CCOc1ccccc1-c1nc(NC(C)C)cc(C(=O)O)n1. The molecule has 1 aromatic carbocycles. The van der Waals surface area contributed by atoms with Crippen LogP contribution < -0.4 is 10.1 Å². The van der Waals surface area contributed by atoms with Crippen LogP contribution in [-0.2, 0) is 0 Å². The molecule has 0 fully saturated rings. The van der Waals surface area contributed by atoms with Gasteiger partial charge in [-0.3, -0.25) is 0 Å². The lowest BCUT2D eigenvalue weighted by atomic mass is 10.2. The van der Waals surface area contributed by atoms with E-state index in [-0.39, 0.29) is 11.7 Å². The molecule has 6 heteroatoms. The summed E-state index contributed by atoms with van der Waals surface area (Å²) in [6.45, 7) is 6.30. The largest absolute Gasteiger partial charge is 0.493 e. The van der Waals surface area contributed by atoms with E-state index >= 15 is 0 Å². The molecule has 0 spiro atoms. The van der Waals surface area contributed by atoms with Crippen LogP contribution in [-0.4, -0.2) is 33.7 Å². The zero-order valence-corrected chi connectivity index (χ0v) is 12.8. The predicted octanol–water partition coefficient (Wildman–Crippen LogP) is 3.06. The molecule has 0 aliphatic carbocycles. The quantitative estimate of drug-likeness (QED) is 0.853. The van der Waals surface area contributed by atoms with Crippen molar-refractivity contribution in [3.05, 3.63) is 36.0 Å². The number of rotatable bonds is 6. The van der Waals surface area contributed by atoms with Crippen molar-refractivity contribution < 1.29 is 14.6 Å². The maximum atomic E-state index is 11.3. The van der Waals surface area contributed by atoms with Gasteiger partial charge in [0.25, 0.3) is 0 Å². The highest BCUT2D eigenvalue weighted by molar-refractivity contribution is 5.87. The second kappa shape index (κ2) is 6.89. The lowest BCUT2D eigenvalue weighted by Crippen LogP contribution is -2.13. The summed E-state index contributed by atoms with van der Waals surface area (Å²) in [6.07, 6.45) is 0. The number of carbonyl (C=O) groups is 1. The van der Waals surface area contributed by atoms with Gasteiger partial charge in [-0.2, -0.15) is 0 Å². The number of ether oxygens (including phenoxy) is 1. The van der Waals surface area contributed by atoms with Gasteiger partial charge in [0, 0.05) is 12.1 Å². The van der Waals surface area contributed by atoms with E-state index in [9.17, 15) is 9.90 Å². The van der Waals surface area contributed by atoms with Crippen molar-refractivity contribution >= 4 is 11.8 Å². The van der Waals surface area contributed by atoms with Gasteiger partial charge >= 0.3 is 5.97 Å². The first-order chi connectivity index (χ1) is 10.5. The third kappa shape index (κ3) is 3.72. The highest BCUT2D eigenvalue weighted by Crippen LogP contribution is 2.28. The summed E-state index contributed by atoms with van der Waals surface area (Å²) < 4.78 is 5.56. The van der Waals surface area contributed by atoms with Gasteiger partial charge in [-0.05, 0) is 32.9 Å². The summed E-state index contributed by atoms with van der Waals surface area (Å²) in [5.74, 6) is 0.336. The molecule has 0 bridgehead atoms. The van der Waals surface area contributed by atoms with Crippen LogP contribution in [0.3, 0.4) is 0 Å². The Kier molecular flexibility index (Phi) is 4.93. The van der Waals surface area contributed by atoms with Gasteiger partial charge in [-0.25, -0.2) is 14.8 Å². The standard InChI is InChI=1S/C16H19N3O3/c1-4-22-13-8-6-5-7-11(13)15-18-12(16(20)21)9-14(19-15)17-10(2)3/h5-10H,4H2,1-3H3,(H,20,21)(H,17,18,19). The number of hydrogen-bond acceptors (Lipinski definition) is 5. The molecule has 0 aliphatic rings. The molecule has 0 radical (unpaired) electrons. The zero-order valence-electron chi connectivity index (χ0n) is 12.8. The summed E-state index contributed by atoms with van der Waals surface area (Å²) >= 11 is 0. The monoisotopic (exact) mass is 301 g/mol. The Morgan fingerprint density at radius 1 is 1.32 bits per heavy atom. The lowest BCUT2D eigenvalue weighted by molar-refractivity contribution is 0.0690. The van der Waals surface area contributed by atoms with Crippen LogP contribution in [0, 0.1) is 0 Å². The van der Waals surface area contributed by atoms with E-state index in [4.69, 9.17) is 4.74 Å². The molecule has 0 atom stereocenters. The smallest absolute Gasteiger partial charge is 0.354 e. The molecule has 0 saturated heterocycles. The maximum absolute atomic E-state index is 11.3. The first-order valence-corrected chi connectivity index (χ1v) is 7.12. The molecule has 22 heavy (non-hydrogen) atoms. The number of carboxylic acids is 1. The second-order valence-electron chi connectivity index (χ2n) is 5.00. The van der Waals surface area contributed by atoms with Gasteiger partial charge in [0.05, 0.1) is 12.2 Å². The van der Waals surface area contributed by atoms with E-state index in [1.54, 1.807) is 0 Å². The molecule has 2 N–H and O–H groups in total. The number of para-hydroxylation sites is 1. The number of anilines is 1. The molecule has 0 aliphatic heterocycles. The maximum Gasteiger partial charge on any atom is 0.354 e. The Hall–Kier alpha value is -2.63. The number of nitrogens with zero attached hydrogens (tertiary/aromatic N) is 2. The third-order valence-electron chi connectivity index (χ3n) is 2.81. The Labute approximate surface area is 129 Å². The van der Waals surface area contributed by atoms with E-state index in [0.29, 0.717) is 29.6 Å². The number of nitrogens with one attached hydrogen (secondary N) is 1. The highest BCUT2D eigenvalue weighted by atomic mass is 16.5. The number of carboxylic acid groups (broad SMARTS) is 1. The van der Waals surface area contributed by atoms with Crippen molar-refractivity contribution in [1.82, 2.24) is 9.97 Å². The molecule has 0 amide bonds. The van der Waals surface area contributed by atoms with Crippen molar-refractivity contribution in [1.29, 1.82) is 0 Å². The molecule has 2 aromatic rings. The van der Waals surface area contributed by atoms with Gasteiger partial charge in [0.15, 0.2) is 11.5 Å². The minimum absolute atomic E-state index is 0.0561. The van der Waals surface area contributed by atoms with Gasteiger partial charge < -0.3 is 15.2 Å². The topological polar surface area (TPSA) is 84.3 Å². The molecule has 0 saturated carbocycles. The van der Waals surface area contributed by atoms with E-state index < -0.39 is 5.97 Å². The first-order valence-electron chi connectivity index (χ1n) is 7.12. The van der Waals surface area contributed by atoms with Crippen LogP contribution in [0.4, 0.5) is 5.82 Å². The van der Waals surface area contributed by atoms with Crippen LogP contribution in [0.5, 0.6) is 5.75 Å². The van der Waals surface area contributed by atoms with Gasteiger partial charge in [0.1, 0.15) is 11.6 Å². The van der Waals surface area contributed by atoms with E-state index in [2.05, 4.69) is 15.3 Å². The Morgan fingerprint density at radius 3 is 2.68 bits per heavy atom. The minimum atomic E-state index is -1.09. The highest BCUT2D eigenvalue weighted by Gasteiger charge is 2.15. The number of hydrogen-bond donors (Lipinski definition) is 2. The average molecular weight is 301 g/mol. The summed E-state index contributed by atoms with van der Waals surface area (Å²) in [6, 6.07) is 8.87. The summed E-state index contributed by atoms with van der Waals surface area (Å²) in [7, 11) is 0. The van der Waals surface area contributed by atoms with E-state index in [0.717, 1.165) is 0 Å². The lowest BCUT2D eigenvalue weighted by Gasteiger charge is -2.13. The molecule has 6 nitrogen and oxygen atoms in total. The van der Waals surface area contributed by atoms with Crippen molar-refractivity contribution in [2.24, 2.45) is 0 Å². The molecule has 1 heterocycles. The van der Waals surface area contributed by atoms with Crippen LogP contribution in [0.1, 0.15) is 31.3 Å². The molecule has 1 aromatic heterocycles. The first kappa shape index (κ1) is 15.8. The average Bonchev–Trinajstić information content (AvgIpc) is 2.47. The number of aromatic nitrogens is 2. The van der Waals surface area contributed by atoms with Crippen molar-refractivity contribution in [3.63, 3.8) is 0 Å². The second-order valence-corrected chi connectivity index (χ2v) is 5.00. The molecule has 116 valence electrons. The Balaban J connectivity index is 2.54. The molecular weight excluding hydrogens is 282 g/mol. The van der Waals surface area contributed by atoms with Crippen LogP contribution in [0.25, 0.3) is 11.4 Å². The summed E-state index contributed by atoms with van der Waals surface area (Å²) in [4.78, 5) is 19.8. The van der Waals surface area contributed by atoms with E-state index in [1.165, 1.54) is 6.07 Å².